The summed E-state index contributed by atoms with van der Waals surface area (Å²) >= 11 is 6.33. The molecule has 2 aromatic carbocycles. The Kier molecular flexibility index (Phi) is 7.40. The van der Waals surface area contributed by atoms with Gasteiger partial charge in [-0.05, 0) is 55.8 Å². The van der Waals surface area contributed by atoms with Crippen molar-refractivity contribution >= 4 is 51.5 Å². The number of anilines is 3. The summed E-state index contributed by atoms with van der Waals surface area (Å²) < 4.78 is 5.03. The van der Waals surface area contributed by atoms with E-state index in [-0.39, 0.29) is 33.8 Å². The molecule has 190 valence electrons. The number of nitrogens with zero attached hydrogens (tertiary/aromatic N) is 3. The van der Waals surface area contributed by atoms with Gasteiger partial charge in [0.25, 0.3) is 17.4 Å². The number of rotatable bonds is 7. The summed E-state index contributed by atoms with van der Waals surface area (Å²) in [6.07, 6.45) is 0.720. The maximum Gasteiger partial charge on any atom is 0.318 e. The number of nitrogens with one attached hydrogen (secondary N) is 2. The predicted molar refractivity (Wildman–Crippen MR) is 144 cm³/mol. The van der Waals surface area contributed by atoms with Crippen LogP contribution in [0.2, 0.25) is 5.02 Å². The minimum Gasteiger partial charge on any atom is -0.467 e. The van der Waals surface area contributed by atoms with Crippen molar-refractivity contribution in [2.75, 3.05) is 29.6 Å². The molecule has 0 bridgehead atoms. The number of pyridine rings is 1. The fourth-order valence-electron chi connectivity index (χ4n) is 3.83. The SMILES string of the molecule is CCCN(C(=O)c1ccc(Cl)c(NC(=O)c2cc3c(C)nc(OC)nc3[nH]c2=O)c1)c1cccc(N)c1. The van der Waals surface area contributed by atoms with Crippen LogP contribution < -0.4 is 26.2 Å². The summed E-state index contributed by atoms with van der Waals surface area (Å²) in [6, 6.07) is 13.1. The molecule has 0 fully saturated rings. The first-order chi connectivity index (χ1) is 17.7. The zero-order valence-electron chi connectivity index (χ0n) is 20.5. The molecule has 0 saturated carbocycles. The van der Waals surface area contributed by atoms with E-state index in [0.29, 0.717) is 34.6 Å². The normalized spacial score (nSPS) is 10.8. The number of carbonyl (C=O) groups is 2. The Balaban J connectivity index is 1.66. The zero-order valence-corrected chi connectivity index (χ0v) is 21.2. The van der Waals surface area contributed by atoms with E-state index < -0.39 is 11.5 Å². The lowest BCUT2D eigenvalue weighted by atomic mass is 10.1. The molecule has 37 heavy (non-hydrogen) atoms. The lowest BCUT2D eigenvalue weighted by Crippen LogP contribution is -2.32. The van der Waals surface area contributed by atoms with Crippen molar-refractivity contribution in [2.45, 2.75) is 20.3 Å². The van der Waals surface area contributed by atoms with Crippen LogP contribution in [0.25, 0.3) is 11.0 Å². The average molecular weight is 521 g/mol. The number of methoxy groups -OCH3 is 1. The number of ether oxygens (including phenoxy) is 1. The van der Waals surface area contributed by atoms with E-state index in [9.17, 15) is 14.4 Å². The van der Waals surface area contributed by atoms with Gasteiger partial charge in [-0.2, -0.15) is 9.97 Å². The van der Waals surface area contributed by atoms with Crippen molar-refractivity contribution in [3.63, 3.8) is 0 Å². The topological polar surface area (TPSA) is 143 Å². The molecule has 11 heteroatoms. The number of aromatic amines is 1. The molecule has 0 atom stereocenters. The van der Waals surface area contributed by atoms with Crippen LogP contribution in [-0.4, -0.2) is 40.4 Å². The molecule has 0 aliphatic carbocycles. The van der Waals surface area contributed by atoms with Gasteiger partial charge in [0.05, 0.1) is 23.5 Å². The minimum atomic E-state index is -0.703. The van der Waals surface area contributed by atoms with Crippen LogP contribution in [0, 0.1) is 6.92 Å². The summed E-state index contributed by atoms with van der Waals surface area (Å²) in [4.78, 5) is 51.6. The van der Waals surface area contributed by atoms with Gasteiger partial charge in [-0.25, -0.2) is 0 Å². The summed E-state index contributed by atoms with van der Waals surface area (Å²) in [6.45, 7) is 4.14. The fourth-order valence-corrected chi connectivity index (χ4v) is 4.00. The van der Waals surface area contributed by atoms with Gasteiger partial charge in [0.15, 0.2) is 0 Å². The quantitative estimate of drug-likeness (QED) is 0.310. The predicted octanol–water partition coefficient (Wildman–Crippen LogP) is 4.18. The Morgan fingerprint density at radius 1 is 1.16 bits per heavy atom. The van der Waals surface area contributed by atoms with Gasteiger partial charge in [-0.1, -0.05) is 24.6 Å². The van der Waals surface area contributed by atoms with Crippen LogP contribution in [0.1, 0.15) is 39.8 Å². The Morgan fingerprint density at radius 3 is 2.65 bits per heavy atom. The summed E-state index contributed by atoms with van der Waals surface area (Å²) in [7, 11) is 1.42. The molecule has 4 rings (SSSR count). The number of carbonyl (C=O) groups excluding carboxylic acids is 2. The second-order valence-electron chi connectivity index (χ2n) is 8.27. The number of amides is 2. The third-order valence-electron chi connectivity index (χ3n) is 5.64. The van der Waals surface area contributed by atoms with E-state index in [1.807, 2.05) is 6.92 Å². The van der Waals surface area contributed by atoms with E-state index in [0.717, 1.165) is 6.42 Å². The smallest absolute Gasteiger partial charge is 0.318 e. The lowest BCUT2D eigenvalue weighted by Gasteiger charge is -2.23. The molecule has 4 aromatic rings. The third kappa shape index (κ3) is 5.39. The first kappa shape index (κ1) is 25.6. The van der Waals surface area contributed by atoms with E-state index in [1.54, 1.807) is 42.2 Å². The van der Waals surface area contributed by atoms with E-state index in [2.05, 4.69) is 20.3 Å². The molecule has 0 aliphatic rings. The number of hydrogen-bond acceptors (Lipinski definition) is 7. The standard InChI is InChI=1S/C26H25ClN6O4/c1-4-10-33(17-7-5-6-16(28)12-17)25(36)15-8-9-20(27)21(11-15)30-23(34)19-13-18-14(2)29-26(37-3)32-22(18)31-24(19)35/h5-9,11-13H,4,10,28H2,1-3H3,(H,30,34)(H,29,31,32,35). The number of H-pyrrole nitrogens is 1. The molecule has 2 heterocycles. The molecule has 10 nitrogen and oxygen atoms in total. The number of fused-ring (bicyclic) bond motifs is 1. The van der Waals surface area contributed by atoms with Gasteiger partial charge in [-0.15, -0.1) is 0 Å². The summed E-state index contributed by atoms with van der Waals surface area (Å²) in [5, 5.41) is 3.33. The Bertz CT molecular complexity index is 1570. The summed E-state index contributed by atoms with van der Waals surface area (Å²) in [5.74, 6) is -0.990. The van der Waals surface area contributed by atoms with Crippen LogP contribution >= 0.6 is 11.6 Å². The van der Waals surface area contributed by atoms with Crippen molar-refractivity contribution in [3.05, 3.63) is 80.7 Å². The highest BCUT2D eigenvalue weighted by Crippen LogP contribution is 2.27. The molecule has 0 radical (unpaired) electrons. The van der Waals surface area contributed by atoms with E-state index in [4.69, 9.17) is 22.1 Å². The van der Waals surface area contributed by atoms with Crippen molar-refractivity contribution < 1.29 is 14.3 Å². The minimum absolute atomic E-state index is 0.0985. The largest absolute Gasteiger partial charge is 0.467 e. The highest BCUT2D eigenvalue weighted by Gasteiger charge is 2.20. The molecular weight excluding hydrogens is 496 g/mol. The monoisotopic (exact) mass is 520 g/mol. The van der Waals surface area contributed by atoms with Crippen LogP contribution in [0.15, 0.2) is 53.3 Å². The maximum atomic E-state index is 13.4. The molecular formula is C26H25ClN6O4. The number of nitrogen functional groups attached to an aromatic ring is 1. The van der Waals surface area contributed by atoms with Gasteiger partial charge < -0.3 is 25.7 Å². The number of nitrogens with two attached hydrogens (primary N) is 1. The van der Waals surface area contributed by atoms with Gasteiger partial charge in [-0.3, -0.25) is 14.4 Å². The second-order valence-corrected chi connectivity index (χ2v) is 8.68. The first-order valence-electron chi connectivity index (χ1n) is 11.5. The second kappa shape index (κ2) is 10.7. The maximum absolute atomic E-state index is 13.4. The van der Waals surface area contributed by atoms with Crippen LogP contribution in [0.5, 0.6) is 6.01 Å². The molecule has 0 spiro atoms. The van der Waals surface area contributed by atoms with Crippen LogP contribution in [0.3, 0.4) is 0 Å². The summed E-state index contributed by atoms with van der Waals surface area (Å²) in [5.41, 5.74) is 7.55. The molecule has 0 aliphatic heterocycles. The number of benzene rings is 2. The van der Waals surface area contributed by atoms with Crippen molar-refractivity contribution in [1.29, 1.82) is 0 Å². The van der Waals surface area contributed by atoms with Gasteiger partial charge in [0.1, 0.15) is 11.2 Å². The van der Waals surface area contributed by atoms with E-state index in [1.165, 1.54) is 25.3 Å². The lowest BCUT2D eigenvalue weighted by molar-refractivity contribution is 0.0984. The Hall–Kier alpha value is -4.44. The molecule has 0 unspecified atom stereocenters. The third-order valence-corrected chi connectivity index (χ3v) is 5.97. The highest BCUT2D eigenvalue weighted by molar-refractivity contribution is 6.34. The number of aromatic nitrogens is 3. The highest BCUT2D eigenvalue weighted by atomic mass is 35.5. The molecule has 2 aromatic heterocycles. The number of aryl methyl sites for hydroxylation is 1. The first-order valence-corrected chi connectivity index (χ1v) is 11.8. The van der Waals surface area contributed by atoms with Crippen molar-refractivity contribution in [3.8, 4) is 6.01 Å². The Labute approximate surface area is 217 Å². The zero-order chi connectivity index (χ0) is 26.7. The Morgan fingerprint density at radius 2 is 1.95 bits per heavy atom. The van der Waals surface area contributed by atoms with Crippen LogP contribution in [-0.2, 0) is 0 Å². The number of halogens is 1. The van der Waals surface area contributed by atoms with Gasteiger partial charge in [0, 0.05) is 28.9 Å². The fraction of sp³-hybridized carbons (Fsp3) is 0.192. The van der Waals surface area contributed by atoms with Gasteiger partial charge >= 0.3 is 6.01 Å². The molecule has 2 amide bonds. The van der Waals surface area contributed by atoms with E-state index >= 15 is 0 Å². The molecule has 0 saturated heterocycles. The van der Waals surface area contributed by atoms with Crippen LogP contribution in [0.4, 0.5) is 17.1 Å². The van der Waals surface area contributed by atoms with Gasteiger partial charge in [0.2, 0.25) is 0 Å². The molecule has 4 N–H and O–H groups in total. The van der Waals surface area contributed by atoms with Crippen molar-refractivity contribution in [2.24, 2.45) is 0 Å². The van der Waals surface area contributed by atoms with Crippen molar-refractivity contribution in [1.82, 2.24) is 15.0 Å². The number of hydrogen-bond donors (Lipinski definition) is 3. The average Bonchev–Trinajstić information content (AvgIpc) is 2.87.